The second-order valence-electron chi connectivity index (χ2n) is 3.81. The average molecular weight is 205 g/mol. The summed E-state index contributed by atoms with van der Waals surface area (Å²) in [5.41, 5.74) is 4.45. The summed E-state index contributed by atoms with van der Waals surface area (Å²) in [5.74, 6) is 0. The highest BCUT2D eigenvalue weighted by molar-refractivity contribution is 5.76. The number of hydrogen-bond donors (Lipinski definition) is 1. The Morgan fingerprint density at radius 2 is 2.00 bits per heavy atom. The molecule has 0 atom stereocenters. The maximum atomic E-state index is 8.77. The van der Waals surface area contributed by atoms with Crippen molar-refractivity contribution in [2.24, 2.45) is 0 Å². The molecule has 0 unspecified atom stereocenters. The number of hydrogen-bond acceptors (Lipinski definition) is 3. The Kier molecular flexibility index (Phi) is 2.68. The van der Waals surface area contributed by atoms with Crippen molar-refractivity contribution in [1.82, 2.24) is 15.0 Å². The van der Waals surface area contributed by atoms with Crippen LogP contribution >= 0.6 is 0 Å². The van der Waals surface area contributed by atoms with E-state index in [1.807, 2.05) is 10.7 Å². The van der Waals surface area contributed by atoms with Crippen LogP contribution in [0.5, 0.6) is 0 Å². The van der Waals surface area contributed by atoms with Gasteiger partial charge in [-0.25, -0.2) is 4.68 Å². The predicted octanol–water partition coefficient (Wildman–Crippen LogP) is 1.43. The van der Waals surface area contributed by atoms with Gasteiger partial charge in [0.15, 0.2) is 0 Å². The monoisotopic (exact) mass is 205 g/mol. The van der Waals surface area contributed by atoms with Crippen LogP contribution in [0.3, 0.4) is 0 Å². The highest BCUT2D eigenvalue weighted by atomic mass is 16.3. The molecular formula is C11H15N3O. The quantitative estimate of drug-likeness (QED) is 0.824. The number of nitrogens with zero attached hydrogens (tertiary/aromatic N) is 3. The molecule has 1 heterocycles. The first-order valence-electron chi connectivity index (χ1n) is 5.13. The van der Waals surface area contributed by atoms with Gasteiger partial charge in [-0.1, -0.05) is 5.21 Å². The zero-order valence-corrected chi connectivity index (χ0v) is 9.06. The van der Waals surface area contributed by atoms with Gasteiger partial charge in [0.25, 0.3) is 0 Å². The largest absolute Gasteiger partial charge is 0.396 e. The van der Waals surface area contributed by atoms with Crippen LogP contribution in [-0.4, -0.2) is 26.7 Å². The van der Waals surface area contributed by atoms with Crippen molar-refractivity contribution in [1.29, 1.82) is 0 Å². The minimum Gasteiger partial charge on any atom is -0.396 e. The third-order valence-electron chi connectivity index (χ3n) is 2.66. The summed E-state index contributed by atoms with van der Waals surface area (Å²) in [4.78, 5) is 0. The highest BCUT2D eigenvalue weighted by Gasteiger charge is 2.05. The van der Waals surface area contributed by atoms with E-state index in [1.165, 1.54) is 11.1 Å². The molecule has 2 rings (SSSR count). The smallest absolute Gasteiger partial charge is 0.113 e. The van der Waals surface area contributed by atoms with Crippen molar-refractivity contribution in [2.45, 2.75) is 26.8 Å². The summed E-state index contributed by atoms with van der Waals surface area (Å²) in [6, 6.07) is 4.15. The molecule has 1 N–H and O–H groups in total. The number of aliphatic hydroxyl groups is 1. The number of aliphatic hydroxyl groups excluding tert-OH is 1. The van der Waals surface area contributed by atoms with Crippen LogP contribution < -0.4 is 0 Å². The molecule has 2 aromatic rings. The third kappa shape index (κ3) is 1.85. The molecule has 4 nitrogen and oxygen atoms in total. The van der Waals surface area contributed by atoms with Crippen molar-refractivity contribution >= 4 is 11.0 Å². The topological polar surface area (TPSA) is 50.9 Å². The molecule has 0 aliphatic heterocycles. The van der Waals surface area contributed by atoms with Gasteiger partial charge in [-0.05, 0) is 43.5 Å². The number of benzene rings is 1. The van der Waals surface area contributed by atoms with Crippen LogP contribution in [0.4, 0.5) is 0 Å². The fourth-order valence-corrected chi connectivity index (χ4v) is 1.61. The summed E-state index contributed by atoms with van der Waals surface area (Å²) in [5, 5.41) is 16.9. The number of fused-ring (bicyclic) bond motifs is 1. The molecule has 15 heavy (non-hydrogen) atoms. The Morgan fingerprint density at radius 3 is 2.73 bits per heavy atom. The summed E-state index contributed by atoms with van der Waals surface area (Å²) in [6.45, 7) is 5.06. The molecule has 80 valence electrons. The standard InChI is InChI=1S/C11H15N3O/c1-8-6-10-11(7-9(8)2)14(13-12-10)4-3-5-15/h6-7,15H,3-5H2,1-2H3. The van der Waals surface area contributed by atoms with E-state index in [0.29, 0.717) is 6.42 Å². The summed E-state index contributed by atoms with van der Waals surface area (Å²) in [7, 11) is 0. The maximum Gasteiger partial charge on any atom is 0.113 e. The lowest BCUT2D eigenvalue weighted by Gasteiger charge is -2.02. The Balaban J connectivity index is 2.45. The lowest BCUT2D eigenvalue weighted by Crippen LogP contribution is -2.02. The van der Waals surface area contributed by atoms with Gasteiger partial charge in [-0.2, -0.15) is 0 Å². The first kappa shape index (κ1) is 10.1. The second-order valence-corrected chi connectivity index (χ2v) is 3.81. The van der Waals surface area contributed by atoms with E-state index >= 15 is 0 Å². The fraction of sp³-hybridized carbons (Fsp3) is 0.455. The van der Waals surface area contributed by atoms with Crippen molar-refractivity contribution in [3.05, 3.63) is 23.3 Å². The SMILES string of the molecule is Cc1cc2nnn(CCCO)c2cc1C. The van der Waals surface area contributed by atoms with Gasteiger partial charge in [0.1, 0.15) is 5.52 Å². The fourth-order valence-electron chi connectivity index (χ4n) is 1.61. The second kappa shape index (κ2) is 3.98. The normalized spacial score (nSPS) is 11.1. The van der Waals surface area contributed by atoms with Crippen molar-refractivity contribution in [3.8, 4) is 0 Å². The van der Waals surface area contributed by atoms with E-state index in [0.717, 1.165) is 17.6 Å². The minimum atomic E-state index is 0.187. The van der Waals surface area contributed by atoms with E-state index in [-0.39, 0.29) is 6.61 Å². The molecule has 1 aromatic carbocycles. The number of aromatic nitrogens is 3. The highest BCUT2D eigenvalue weighted by Crippen LogP contribution is 2.17. The van der Waals surface area contributed by atoms with Gasteiger partial charge >= 0.3 is 0 Å². The molecule has 0 saturated carbocycles. The predicted molar refractivity (Wildman–Crippen MR) is 58.7 cm³/mol. The first-order chi connectivity index (χ1) is 7.22. The minimum absolute atomic E-state index is 0.187. The third-order valence-corrected chi connectivity index (χ3v) is 2.66. The summed E-state index contributed by atoms with van der Waals surface area (Å²) < 4.78 is 1.85. The lowest BCUT2D eigenvalue weighted by molar-refractivity contribution is 0.277. The van der Waals surface area contributed by atoms with Crippen molar-refractivity contribution in [2.75, 3.05) is 6.61 Å². The Bertz CT molecular complexity index is 476. The van der Waals surface area contributed by atoms with E-state index in [4.69, 9.17) is 5.11 Å². The first-order valence-corrected chi connectivity index (χ1v) is 5.13. The van der Waals surface area contributed by atoms with Gasteiger partial charge < -0.3 is 5.11 Å². The Labute approximate surface area is 88.5 Å². The summed E-state index contributed by atoms with van der Waals surface area (Å²) in [6.07, 6.45) is 0.714. The average Bonchev–Trinajstić information content (AvgIpc) is 2.59. The molecule has 1 aromatic heterocycles. The van der Waals surface area contributed by atoms with Crippen LogP contribution in [0.1, 0.15) is 17.5 Å². The van der Waals surface area contributed by atoms with Gasteiger partial charge in [0.2, 0.25) is 0 Å². The molecule has 0 saturated heterocycles. The number of rotatable bonds is 3. The zero-order chi connectivity index (χ0) is 10.8. The van der Waals surface area contributed by atoms with Crippen LogP contribution in [0, 0.1) is 13.8 Å². The zero-order valence-electron chi connectivity index (χ0n) is 9.06. The summed E-state index contributed by atoms with van der Waals surface area (Å²) >= 11 is 0. The van der Waals surface area contributed by atoms with Crippen molar-refractivity contribution in [3.63, 3.8) is 0 Å². The molecule has 0 radical (unpaired) electrons. The molecule has 0 spiro atoms. The maximum absolute atomic E-state index is 8.77. The van der Waals surface area contributed by atoms with Crippen molar-refractivity contribution < 1.29 is 5.11 Å². The van der Waals surface area contributed by atoms with E-state index in [1.54, 1.807) is 0 Å². The Morgan fingerprint density at radius 1 is 1.27 bits per heavy atom. The molecule has 0 aliphatic carbocycles. The van der Waals surface area contributed by atoms with Gasteiger partial charge in [0.05, 0.1) is 5.52 Å². The Hall–Kier alpha value is -1.42. The molecule has 4 heteroatoms. The van der Waals surface area contributed by atoms with Crippen LogP contribution in [0.2, 0.25) is 0 Å². The molecule has 0 aliphatic rings. The van der Waals surface area contributed by atoms with Gasteiger partial charge in [0, 0.05) is 13.2 Å². The van der Waals surface area contributed by atoms with Crippen LogP contribution in [-0.2, 0) is 6.54 Å². The van der Waals surface area contributed by atoms with E-state index in [9.17, 15) is 0 Å². The van der Waals surface area contributed by atoms with Gasteiger partial charge in [-0.3, -0.25) is 0 Å². The van der Waals surface area contributed by atoms with Crippen LogP contribution in [0.25, 0.3) is 11.0 Å². The van der Waals surface area contributed by atoms with Crippen LogP contribution in [0.15, 0.2) is 12.1 Å². The number of aryl methyl sites for hydroxylation is 3. The molecule has 0 bridgehead atoms. The van der Waals surface area contributed by atoms with Gasteiger partial charge in [-0.15, -0.1) is 5.10 Å². The lowest BCUT2D eigenvalue weighted by atomic mass is 10.1. The van der Waals surface area contributed by atoms with E-state index in [2.05, 4.69) is 30.2 Å². The molecule has 0 amide bonds. The molecular weight excluding hydrogens is 190 g/mol. The van der Waals surface area contributed by atoms with E-state index < -0.39 is 0 Å². The molecule has 0 fully saturated rings.